The normalized spacial score (nSPS) is 14.0. The van der Waals surface area contributed by atoms with E-state index in [2.05, 4.69) is 26.1 Å². The first kappa shape index (κ1) is 14.5. The Kier molecular flexibility index (Phi) is 5.13. The third kappa shape index (κ3) is 4.02. The molecule has 0 saturated heterocycles. The van der Waals surface area contributed by atoms with Gasteiger partial charge in [0, 0.05) is 12.1 Å². The maximum absolute atomic E-state index is 11.0. The van der Waals surface area contributed by atoms with Crippen LogP contribution in [0.5, 0.6) is 0 Å². The summed E-state index contributed by atoms with van der Waals surface area (Å²) in [5, 5.41) is 14.2. The van der Waals surface area contributed by atoms with Crippen molar-refractivity contribution in [3.63, 3.8) is 0 Å². The molecule has 0 heterocycles. The highest BCUT2D eigenvalue weighted by molar-refractivity contribution is 5.63. The van der Waals surface area contributed by atoms with Crippen molar-refractivity contribution in [3.05, 3.63) is 33.9 Å². The Morgan fingerprint density at radius 1 is 1.39 bits per heavy atom. The highest BCUT2D eigenvalue weighted by Crippen LogP contribution is 2.26. The smallest absolute Gasteiger partial charge is 0.292 e. The summed E-state index contributed by atoms with van der Waals surface area (Å²) in [4.78, 5) is 10.6. The van der Waals surface area contributed by atoms with Crippen LogP contribution in [0.3, 0.4) is 0 Å². The van der Waals surface area contributed by atoms with Crippen molar-refractivity contribution in [1.29, 1.82) is 0 Å². The minimum atomic E-state index is -0.336. The van der Waals surface area contributed by atoms with Crippen molar-refractivity contribution in [3.8, 4) is 0 Å². The molecule has 2 unspecified atom stereocenters. The lowest BCUT2D eigenvalue weighted by Gasteiger charge is -2.18. The molecule has 0 bridgehead atoms. The van der Waals surface area contributed by atoms with Crippen LogP contribution in [0.15, 0.2) is 18.2 Å². The van der Waals surface area contributed by atoms with Gasteiger partial charge in [-0.05, 0) is 37.8 Å². The van der Waals surface area contributed by atoms with Crippen LogP contribution in [-0.4, -0.2) is 11.0 Å². The van der Waals surface area contributed by atoms with Gasteiger partial charge in [0.05, 0.1) is 4.92 Å². The summed E-state index contributed by atoms with van der Waals surface area (Å²) in [6.45, 7) is 8.36. The van der Waals surface area contributed by atoms with Crippen molar-refractivity contribution in [1.82, 2.24) is 0 Å². The molecule has 0 aliphatic carbocycles. The monoisotopic (exact) mass is 250 g/mol. The number of rotatable bonds is 6. The molecule has 18 heavy (non-hydrogen) atoms. The molecular formula is C14H22N2O2. The van der Waals surface area contributed by atoms with Crippen LogP contribution in [0.4, 0.5) is 11.4 Å². The largest absolute Gasteiger partial charge is 0.377 e. The Balaban J connectivity index is 2.82. The molecule has 1 aromatic rings. The number of nitrogens with one attached hydrogen (secondary N) is 1. The van der Waals surface area contributed by atoms with Crippen LogP contribution < -0.4 is 5.32 Å². The van der Waals surface area contributed by atoms with Crippen LogP contribution in [0.1, 0.15) is 39.2 Å². The summed E-state index contributed by atoms with van der Waals surface area (Å²) in [7, 11) is 0. The lowest BCUT2D eigenvalue weighted by atomic mass is 10.00. The third-order valence-electron chi connectivity index (χ3n) is 3.20. The SMILES string of the molecule is CCC(C)CC(C)Nc1cc(C)ccc1[N+](=O)[O-]. The van der Waals surface area contributed by atoms with Gasteiger partial charge in [0.15, 0.2) is 0 Å². The fourth-order valence-electron chi connectivity index (χ4n) is 2.02. The summed E-state index contributed by atoms with van der Waals surface area (Å²) < 4.78 is 0. The van der Waals surface area contributed by atoms with Gasteiger partial charge in [0.25, 0.3) is 5.69 Å². The second-order valence-electron chi connectivity index (χ2n) is 5.07. The lowest BCUT2D eigenvalue weighted by Crippen LogP contribution is -2.19. The van der Waals surface area contributed by atoms with E-state index >= 15 is 0 Å². The number of nitro groups is 1. The maximum atomic E-state index is 11.0. The van der Waals surface area contributed by atoms with Gasteiger partial charge >= 0.3 is 0 Å². The Morgan fingerprint density at radius 3 is 2.61 bits per heavy atom. The van der Waals surface area contributed by atoms with E-state index in [1.54, 1.807) is 12.1 Å². The maximum Gasteiger partial charge on any atom is 0.292 e. The average Bonchev–Trinajstić information content (AvgIpc) is 2.28. The molecule has 0 aliphatic rings. The fourth-order valence-corrected chi connectivity index (χ4v) is 2.02. The number of nitro benzene ring substituents is 1. The number of benzene rings is 1. The molecule has 0 radical (unpaired) electrons. The van der Waals surface area contributed by atoms with Crippen molar-refractivity contribution in [2.24, 2.45) is 5.92 Å². The first-order chi connectivity index (χ1) is 8.43. The molecule has 0 aliphatic heterocycles. The Hall–Kier alpha value is -1.58. The highest BCUT2D eigenvalue weighted by atomic mass is 16.6. The van der Waals surface area contributed by atoms with E-state index in [0.717, 1.165) is 18.4 Å². The van der Waals surface area contributed by atoms with Crippen molar-refractivity contribution < 1.29 is 4.92 Å². The average molecular weight is 250 g/mol. The van der Waals surface area contributed by atoms with Gasteiger partial charge in [0.2, 0.25) is 0 Å². The van der Waals surface area contributed by atoms with Crippen LogP contribution in [-0.2, 0) is 0 Å². The summed E-state index contributed by atoms with van der Waals surface area (Å²) in [5.74, 6) is 0.622. The summed E-state index contributed by atoms with van der Waals surface area (Å²) in [6.07, 6.45) is 2.14. The Labute approximate surface area is 109 Å². The first-order valence-corrected chi connectivity index (χ1v) is 6.45. The summed E-state index contributed by atoms with van der Waals surface area (Å²) in [6, 6.07) is 5.40. The van der Waals surface area contributed by atoms with Crippen molar-refractivity contribution in [2.45, 2.75) is 46.6 Å². The fraction of sp³-hybridized carbons (Fsp3) is 0.571. The number of aryl methyl sites for hydroxylation is 1. The zero-order valence-corrected chi connectivity index (χ0v) is 11.6. The van der Waals surface area contributed by atoms with Crippen molar-refractivity contribution >= 4 is 11.4 Å². The second-order valence-corrected chi connectivity index (χ2v) is 5.07. The zero-order valence-electron chi connectivity index (χ0n) is 11.6. The molecule has 0 fully saturated rings. The molecule has 1 N–H and O–H groups in total. The predicted octanol–water partition coefficient (Wildman–Crippen LogP) is 4.14. The molecule has 2 atom stereocenters. The Morgan fingerprint density at radius 2 is 2.06 bits per heavy atom. The zero-order chi connectivity index (χ0) is 13.7. The van der Waals surface area contributed by atoms with E-state index in [0.29, 0.717) is 11.6 Å². The standard InChI is InChI=1S/C14H22N2O2/c1-5-10(2)8-12(4)15-13-9-11(3)6-7-14(13)16(17)18/h6-7,9-10,12,15H,5,8H2,1-4H3. The summed E-state index contributed by atoms with van der Waals surface area (Å²) >= 11 is 0. The molecule has 0 spiro atoms. The minimum Gasteiger partial charge on any atom is -0.377 e. The van der Waals surface area contributed by atoms with Gasteiger partial charge in [-0.3, -0.25) is 10.1 Å². The summed E-state index contributed by atoms with van der Waals surface area (Å²) in [5.41, 5.74) is 1.80. The van der Waals surface area contributed by atoms with Gasteiger partial charge in [-0.1, -0.05) is 26.3 Å². The van der Waals surface area contributed by atoms with Crippen LogP contribution in [0.25, 0.3) is 0 Å². The topological polar surface area (TPSA) is 55.2 Å². The molecule has 4 nitrogen and oxygen atoms in total. The third-order valence-corrected chi connectivity index (χ3v) is 3.20. The number of nitrogens with zero attached hydrogens (tertiary/aromatic N) is 1. The van der Waals surface area contributed by atoms with Crippen molar-refractivity contribution in [2.75, 3.05) is 5.32 Å². The van der Waals surface area contributed by atoms with E-state index in [1.807, 2.05) is 13.0 Å². The molecule has 100 valence electrons. The lowest BCUT2D eigenvalue weighted by molar-refractivity contribution is -0.384. The van der Waals surface area contributed by atoms with Gasteiger partial charge in [-0.15, -0.1) is 0 Å². The molecule has 4 heteroatoms. The predicted molar refractivity (Wildman–Crippen MR) is 75.0 cm³/mol. The van der Waals surface area contributed by atoms with Gasteiger partial charge < -0.3 is 5.32 Å². The van der Waals surface area contributed by atoms with Gasteiger partial charge in [-0.2, -0.15) is 0 Å². The Bertz CT molecular complexity index is 418. The number of hydrogen-bond donors (Lipinski definition) is 1. The highest BCUT2D eigenvalue weighted by Gasteiger charge is 2.16. The van der Waals surface area contributed by atoms with E-state index in [-0.39, 0.29) is 16.7 Å². The van der Waals surface area contributed by atoms with Gasteiger partial charge in [-0.25, -0.2) is 0 Å². The molecular weight excluding hydrogens is 228 g/mol. The second kappa shape index (κ2) is 6.38. The molecule has 0 saturated carbocycles. The van der Waals surface area contributed by atoms with Crippen LogP contribution >= 0.6 is 0 Å². The molecule has 1 aromatic carbocycles. The minimum absolute atomic E-state index is 0.150. The van der Waals surface area contributed by atoms with E-state index in [4.69, 9.17) is 0 Å². The molecule has 1 rings (SSSR count). The number of anilines is 1. The van der Waals surface area contributed by atoms with E-state index < -0.39 is 0 Å². The quantitative estimate of drug-likeness (QED) is 0.609. The van der Waals surface area contributed by atoms with E-state index in [9.17, 15) is 10.1 Å². The van der Waals surface area contributed by atoms with Crippen LogP contribution in [0.2, 0.25) is 0 Å². The first-order valence-electron chi connectivity index (χ1n) is 6.45. The number of hydrogen-bond acceptors (Lipinski definition) is 3. The molecule has 0 amide bonds. The van der Waals surface area contributed by atoms with Crippen LogP contribution in [0, 0.1) is 23.0 Å². The van der Waals surface area contributed by atoms with E-state index in [1.165, 1.54) is 0 Å². The molecule has 0 aromatic heterocycles. The van der Waals surface area contributed by atoms with Gasteiger partial charge in [0.1, 0.15) is 5.69 Å².